The van der Waals surface area contributed by atoms with Crippen LogP contribution in [0.1, 0.15) is 62.0 Å². The molecule has 5 N–H and O–H groups in total. The molecule has 44 heavy (non-hydrogen) atoms. The molecule has 4 amide bonds. The number of unbranched alkanes of at least 4 members (excludes halogenated alkanes) is 3. The van der Waals surface area contributed by atoms with Gasteiger partial charge in [0.2, 0.25) is 0 Å². The van der Waals surface area contributed by atoms with Gasteiger partial charge in [-0.2, -0.15) is 11.8 Å². The first-order chi connectivity index (χ1) is 21.4. The maximum absolute atomic E-state index is 12.5. The van der Waals surface area contributed by atoms with E-state index < -0.39 is 24.2 Å². The van der Waals surface area contributed by atoms with E-state index in [4.69, 9.17) is 9.47 Å². The van der Waals surface area contributed by atoms with Gasteiger partial charge in [0.05, 0.1) is 18.7 Å². The van der Waals surface area contributed by atoms with Crippen LogP contribution in [-0.4, -0.2) is 78.2 Å². The van der Waals surface area contributed by atoms with Gasteiger partial charge in [0.15, 0.2) is 0 Å². The van der Waals surface area contributed by atoms with Crippen molar-refractivity contribution in [3.8, 4) is 11.1 Å². The van der Waals surface area contributed by atoms with Gasteiger partial charge in [-0.3, -0.25) is 0 Å². The number of fused-ring (bicyclic) bond motifs is 4. The van der Waals surface area contributed by atoms with Gasteiger partial charge in [-0.1, -0.05) is 61.4 Å². The van der Waals surface area contributed by atoms with Gasteiger partial charge >= 0.3 is 24.2 Å². The molecule has 0 unspecified atom stereocenters. The molecule has 1 aliphatic carbocycles. The first-order valence-corrected chi connectivity index (χ1v) is 16.4. The summed E-state index contributed by atoms with van der Waals surface area (Å²) in [5.41, 5.74) is 4.39. The van der Waals surface area contributed by atoms with Crippen molar-refractivity contribution in [1.29, 1.82) is 0 Å². The number of rotatable bonds is 15. The average Bonchev–Trinajstić information content (AvgIpc) is 3.67. The van der Waals surface area contributed by atoms with E-state index >= 15 is 0 Å². The standard InChI is InChI=1S/C32H40N4O7S/c37-29(38)25(35-32(41)43-18-24-22-12-5-3-10-20(22)21-11-4-6-13-23(21)24)14-7-8-16-33-31(40)42-17-9-1-2-15-27-28-26(19-44-27)34-30(39)36-28/h3-6,10-13,24-28H,1-2,7-9,14-19H2,(H,33,40)(H,35,41)(H,37,38)(H2,34,36,39)/t25-,26-,27-,28-/m0/s1. The van der Waals surface area contributed by atoms with E-state index in [-0.39, 0.29) is 37.1 Å². The van der Waals surface area contributed by atoms with Crippen LogP contribution >= 0.6 is 11.8 Å². The number of carbonyl (C=O) groups excluding carboxylic acids is 3. The predicted octanol–water partition coefficient (Wildman–Crippen LogP) is 4.60. The molecule has 2 aliphatic heterocycles. The van der Waals surface area contributed by atoms with Crippen LogP contribution in [0.15, 0.2) is 48.5 Å². The number of amides is 4. The molecule has 236 valence electrons. The number of alkyl carbamates (subject to hydrolysis) is 2. The van der Waals surface area contributed by atoms with Gasteiger partial charge in [-0.15, -0.1) is 0 Å². The molecule has 3 aliphatic rings. The predicted molar refractivity (Wildman–Crippen MR) is 167 cm³/mol. The smallest absolute Gasteiger partial charge is 0.407 e. The Bertz CT molecular complexity index is 1300. The highest BCUT2D eigenvalue weighted by Gasteiger charge is 2.42. The lowest BCUT2D eigenvalue weighted by molar-refractivity contribution is -0.139. The summed E-state index contributed by atoms with van der Waals surface area (Å²) in [6.45, 7) is 0.784. The number of nitrogens with one attached hydrogen (secondary N) is 4. The number of carboxylic acid groups (broad SMARTS) is 1. The number of benzene rings is 2. The quantitative estimate of drug-likeness (QED) is 0.142. The highest BCUT2D eigenvalue weighted by Crippen LogP contribution is 2.44. The van der Waals surface area contributed by atoms with Crippen molar-refractivity contribution in [2.45, 2.75) is 74.2 Å². The van der Waals surface area contributed by atoms with Gasteiger partial charge in [0.25, 0.3) is 0 Å². The van der Waals surface area contributed by atoms with E-state index in [1.54, 1.807) is 0 Å². The number of carbonyl (C=O) groups is 4. The third-order valence-corrected chi connectivity index (χ3v) is 9.94. The van der Waals surface area contributed by atoms with Gasteiger partial charge in [-0.05, 0) is 54.4 Å². The van der Waals surface area contributed by atoms with Crippen molar-refractivity contribution in [1.82, 2.24) is 21.3 Å². The van der Waals surface area contributed by atoms with E-state index in [1.807, 2.05) is 60.3 Å². The van der Waals surface area contributed by atoms with Gasteiger partial charge in [0.1, 0.15) is 12.6 Å². The Morgan fingerprint density at radius 2 is 1.64 bits per heavy atom. The molecule has 0 aromatic heterocycles. The average molecular weight is 625 g/mol. The number of carboxylic acids is 1. The molecule has 0 radical (unpaired) electrons. The number of aliphatic carboxylic acids is 1. The van der Waals surface area contributed by atoms with Crippen molar-refractivity contribution in [2.75, 3.05) is 25.5 Å². The summed E-state index contributed by atoms with van der Waals surface area (Å²) in [5, 5.41) is 21.1. The third-order valence-electron chi connectivity index (χ3n) is 8.43. The van der Waals surface area contributed by atoms with Crippen LogP contribution in [0.5, 0.6) is 0 Å². The van der Waals surface area contributed by atoms with Crippen LogP contribution in [-0.2, 0) is 14.3 Å². The molecule has 11 nitrogen and oxygen atoms in total. The van der Waals surface area contributed by atoms with E-state index in [0.29, 0.717) is 31.2 Å². The van der Waals surface area contributed by atoms with Crippen molar-refractivity contribution < 1.29 is 33.8 Å². The zero-order valence-corrected chi connectivity index (χ0v) is 25.4. The summed E-state index contributed by atoms with van der Waals surface area (Å²) in [7, 11) is 0. The third kappa shape index (κ3) is 7.96. The van der Waals surface area contributed by atoms with E-state index in [2.05, 4.69) is 21.3 Å². The first-order valence-electron chi connectivity index (χ1n) is 15.3. The van der Waals surface area contributed by atoms with Crippen molar-refractivity contribution in [3.05, 3.63) is 59.7 Å². The van der Waals surface area contributed by atoms with Crippen LogP contribution in [0, 0.1) is 0 Å². The van der Waals surface area contributed by atoms with Crippen LogP contribution < -0.4 is 21.3 Å². The Hall–Kier alpha value is -3.93. The lowest BCUT2D eigenvalue weighted by atomic mass is 9.98. The van der Waals surface area contributed by atoms with E-state index in [0.717, 1.165) is 53.7 Å². The van der Waals surface area contributed by atoms with E-state index in [1.165, 1.54) is 0 Å². The highest BCUT2D eigenvalue weighted by molar-refractivity contribution is 8.00. The molecule has 0 bridgehead atoms. The topological polar surface area (TPSA) is 155 Å². The molecular formula is C32H40N4O7S. The SMILES string of the molecule is O=C1N[C@H]2[C@H](CS[C@H]2CCCCCOC(=O)NCCCC[C@H](NC(=O)OCC2c3ccccc3-c3ccccc32)C(=O)O)N1. The molecule has 2 heterocycles. The number of ether oxygens (including phenoxy) is 2. The summed E-state index contributed by atoms with van der Waals surface area (Å²) < 4.78 is 10.7. The maximum atomic E-state index is 12.5. The summed E-state index contributed by atoms with van der Waals surface area (Å²) >= 11 is 1.89. The summed E-state index contributed by atoms with van der Waals surface area (Å²) in [6.07, 6.45) is 3.71. The Labute approximate surface area is 261 Å². The number of hydrogen-bond donors (Lipinski definition) is 5. The Kier molecular flexibility index (Phi) is 10.9. The second-order valence-corrected chi connectivity index (χ2v) is 12.7. The highest BCUT2D eigenvalue weighted by atomic mass is 32.2. The minimum absolute atomic E-state index is 0.0726. The van der Waals surface area contributed by atoms with Crippen LogP contribution in [0.4, 0.5) is 14.4 Å². The molecule has 2 saturated heterocycles. The normalized spacial score (nSPS) is 20.5. The zero-order chi connectivity index (χ0) is 30.9. The van der Waals surface area contributed by atoms with Gasteiger partial charge in [0, 0.05) is 23.5 Å². The van der Waals surface area contributed by atoms with Crippen LogP contribution in [0.3, 0.4) is 0 Å². The van der Waals surface area contributed by atoms with Gasteiger partial charge in [-0.25, -0.2) is 19.2 Å². The molecule has 2 aromatic rings. The second kappa shape index (κ2) is 15.2. The maximum Gasteiger partial charge on any atom is 0.407 e. The zero-order valence-electron chi connectivity index (χ0n) is 24.6. The van der Waals surface area contributed by atoms with Crippen molar-refractivity contribution >= 4 is 35.9 Å². The minimum Gasteiger partial charge on any atom is -0.480 e. The summed E-state index contributed by atoms with van der Waals surface area (Å²) in [6, 6.07) is 15.3. The van der Waals surface area contributed by atoms with Gasteiger partial charge < -0.3 is 35.8 Å². The molecule has 2 fully saturated rings. The lowest BCUT2D eigenvalue weighted by Crippen LogP contribution is -2.41. The van der Waals surface area contributed by atoms with Crippen LogP contribution in [0.25, 0.3) is 11.1 Å². The fourth-order valence-corrected chi connectivity index (χ4v) is 7.73. The second-order valence-electron chi connectivity index (χ2n) is 11.4. The largest absolute Gasteiger partial charge is 0.480 e. The Morgan fingerprint density at radius 1 is 0.909 bits per heavy atom. The first kappa shape index (κ1) is 31.5. The minimum atomic E-state index is -1.14. The van der Waals surface area contributed by atoms with E-state index in [9.17, 15) is 24.3 Å². The molecule has 0 spiro atoms. The lowest BCUT2D eigenvalue weighted by Gasteiger charge is -2.17. The fourth-order valence-electron chi connectivity index (χ4n) is 6.19. The fraction of sp³-hybridized carbons (Fsp3) is 0.500. The summed E-state index contributed by atoms with van der Waals surface area (Å²) in [4.78, 5) is 47.7. The molecule has 2 aromatic carbocycles. The monoisotopic (exact) mass is 624 g/mol. The molecule has 0 saturated carbocycles. The summed E-state index contributed by atoms with van der Waals surface area (Å²) in [5.74, 6) is -0.299. The van der Waals surface area contributed by atoms with Crippen molar-refractivity contribution in [2.24, 2.45) is 0 Å². The van der Waals surface area contributed by atoms with Crippen molar-refractivity contribution in [3.63, 3.8) is 0 Å². The molecular weight excluding hydrogens is 584 g/mol. The number of hydrogen-bond acceptors (Lipinski definition) is 7. The molecule has 5 rings (SSSR count). The number of thioether (sulfide) groups is 1. The molecule has 12 heteroatoms. The van der Waals surface area contributed by atoms with Crippen LogP contribution in [0.2, 0.25) is 0 Å². The Balaban J connectivity index is 0.916. The molecule has 4 atom stereocenters. The number of urea groups is 1. The Morgan fingerprint density at radius 3 is 2.36 bits per heavy atom.